The predicted octanol–water partition coefficient (Wildman–Crippen LogP) is 3.36. The van der Waals surface area contributed by atoms with E-state index in [0.717, 1.165) is 22.6 Å². The van der Waals surface area contributed by atoms with E-state index in [1.54, 1.807) is 0 Å². The highest BCUT2D eigenvalue weighted by Gasteiger charge is 2.29. The van der Waals surface area contributed by atoms with Crippen LogP contribution in [0.5, 0.6) is 5.75 Å². The fourth-order valence-electron chi connectivity index (χ4n) is 2.64. The van der Waals surface area contributed by atoms with Gasteiger partial charge in [0, 0.05) is 5.69 Å². The molecule has 1 aliphatic heterocycles. The highest BCUT2D eigenvalue weighted by atomic mass is 16.5. The first-order valence-electron chi connectivity index (χ1n) is 6.89. The van der Waals surface area contributed by atoms with Crippen LogP contribution in [0, 0.1) is 0 Å². The molecule has 3 rings (SSSR count). The van der Waals surface area contributed by atoms with Gasteiger partial charge in [0.15, 0.2) is 0 Å². The van der Waals surface area contributed by atoms with Gasteiger partial charge in [-0.2, -0.15) is 0 Å². The van der Waals surface area contributed by atoms with E-state index in [4.69, 9.17) is 4.74 Å². The van der Waals surface area contributed by atoms with E-state index in [1.165, 1.54) is 0 Å². The summed E-state index contributed by atoms with van der Waals surface area (Å²) in [5.74, 6) is 0.827. The van der Waals surface area contributed by atoms with Crippen molar-refractivity contribution in [2.45, 2.75) is 19.3 Å². The van der Waals surface area contributed by atoms with Crippen LogP contribution in [0.4, 0.5) is 5.69 Å². The van der Waals surface area contributed by atoms with Crippen LogP contribution >= 0.6 is 0 Å². The van der Waals surface area contributed by atoms with Gasteiger partial charge >= 0.3 is 0 Å². The second-order valence-electron chi connectivity index (χ2n) is 4.91. The third-order valence-electron chi connectivity index (χ3n) is 3.56. The van der Waals surface area contributed by atoms with Crippen molar-refractivity contribution in [2.24, 2.45) is 0 Å². The molecule has 0 bridgehead atoms. The zero-order valence-electron chi connectivity index (χ0n) is 11.4. The van der Waals surface area contributed by atoms with Crippen molar-refractivity contribution in [2.75, 3.05) is 11.9 Å². The van der Waals surface area contributed by atoms with E-state index in [2.05, 4.69) is 5.32 Å². The van der Waals surface area contributed by atoms with Crippen LogP contribution in [0.1, 0.15) is 24.0 Å². The molecule has 20 heavy (non-hydrogen) atoms. The minimum atomic E-state index is -0.108. The van der Waals surface area contributed by atoms with Gasteiger partial charge in [-0.25, -0.2) is 0 Å². The fraction of sp³-hybridized carbons (Fsp3) is 0.235. The van der Waals surface area contributed by atoms with Crippen LogP contribution in [-0.2, 0) is 11.2 Å². The van der Waals surface area contributed by atoms with Gasteiger partial charge in [-0.3, -0.25) is 4.79 Å². The summed E-state index contributed by atoms with van der Waals surface area (Å²) in [5, 5.41) is 2.94. The monoisotopic (exact) mass is 267 g/mol. The average molecular weight is 267 g/mol. The van der Waals surface area contributed by atoms with Gasteiger partial charge in [-0.05, 0) is 42.7 Å². The van der Waals surface area contributed by atoms with E-state index in [-0.39, 0.29) is 11.8 Å². The lowest BCUT2D eigenvalue weighted by molar-refractivity contribution is -0.117. The number of hydrogen-bond acceptors (Lipinski definition) is 2. The Bertz CT molecular complexity index is 636. The third kappa shape index (κ3) is 2.39. The molecule has 1 unspecified atom stereocenters. The highest BCUT2D eigenvalue weighted by molar-refractivity contribution is 6.03. The summed E-state index contributed by atoms with van der Waals surface area (Å²) < 4.78 is 5.51. The second-order valence-corrected chi connectivity index (χ2v) is 4.91. The maximum atomic E-state index is 12.1. The molecule has 1 N–H and O–H groups in total. The molecule has 102 valence electrons. The summed E-state index contributed by atoms with van der Waals surface area (Å²) in [4.78, 5) is 12.1. The smallest absolute Gasteiger partial charge is 0.232 e. The lowest BCUT2D eigenvalue weighted by Gasteiger charge is -2.10. The molecule has 1 atom stereocenters. The molecule has 2 aromatic carbocycles. The first-order valence-corrected chi connectivity index (χ1v) is 6.89. The molecule has 0 saturated carbocycles. The van der Waals surface area contributed by atoms with E-state index < -0.39 is 0 Å². The molecule has 0 aliphatic carbocycles. The lowest BCUT2D eigenvalue weighted by atomic mass is 9.93. The molecule has 1 heterocycles. The first kappa shape index (κ1) is 12.7. The van der Waals surface area contributed by atoms with Crippen molar-refractivity contribution in [3.8, 4) is 5.75 Å². The molecule has 2 aromatic rings. The number of para-hydroxylation sites is 1. The van der Waals surface area contributed by atoms with Gasteiger partial charge in [0.05, 0.1) is 12.5 Å². The zero-order chi connectivity index (χ0) is 13.9. The maximum Gasteiger partial charge on any atom is 0.232 e. The Balaban J connectivity index is 1.84. The number of nitrogens with one attached hydrogen (secondary N) is 1. The average Bonchev–Trinajstić information content (AvgIpc) is 2.76. The molecule has 1 amide bonds. The van der Waals surface area contributed by atoms with E-state index >= 15 is 0 Å². The normalized spacial score (nSPS) is 16.6. The number of hydrogen-bond donors (Lipinski definition) is 1. The number of benzene rings is 2. The quantitative estimate of drug-likeness (QED) is 0.922. The van der Waals surface area contributed by atoms with Crippen LogP contribution in [0.15, 0.2) is 48.5 Å². The Hall–Kier alpha value is -2.29. The Morgan fingerprint density at radius 3 is 2.85 bits per heavy atom. The van der Waals surface area contributed by atoms with Crippen molar-refractivity contribution < 1.29 is 9.53 Å². The van der Waals surface area contributed by atoms with E-state index in [9.17, 15) is 4.79 Å². The predicted molar refractivity (Wildman–Crippen MR) is 79.1 cm³/mol. The van der Waals surface area contributed by atoms with Crippen molar-refractivity contribution in [1.82, 2.24) is 0 Å². The van der Waals surface area contributed by atoms with Crippen molar-refractivity contribution in [1.29, 1.82) is 0 Å². The summed E-state index contributed by atoms with van der Waals surface area (Å²) in [7, 11) is 0. The number of amides is 1. The Labute approximate surface area is 118 Å². The van der Waals surface area contributed by atoms with Crippen molar-refractivity contribution in [3.63, 3.8) is 0 Å². The van der Waals surface area contributed by atoms with Crippen molar-refractivity contribution in [3.05, 3.63) is 59.7 Å². The van der Waals surface area contributed by atoms with E-state index in [0.29, 0.717) is 13.0 Å². The molecule has 3 heteroatoms. The highest BCUT2D eigenvalue weighted by Crippen LogP contribution is 2.34. The van der Waals surface area contributed by atoms with Gasteiger partial charge in [-0.1, -0.05) is 30.3 Å². The summed E-state index contributed by atoms with van der Waals surface area (Å²) >= 11 is 0. The summed E-state index contributed by atoms with van der Waals surface area (Å²) in [5.41, 5.74) is 3.13. The molecular formula is C17H17NO2. The van der Waals surface area contributed by atoms with Gasteiger partial charge in [0.1, 0.15) is 5.75 Å². The Morgan fingerprint density at radius 1 is 1.15 bits per heavy atom. The zero-order valence-corrected chi connectivity index (χ0v) is 11.4. The van der Waals surface area contributed by atoms with Crippen LogP contribution in [-0.4, -0.2) is 12.5 Å². The molecule has 3 nitrogen and oxygen atoms in total. The first-order chi connectivity index (χ1) is 9.78. The van der Waals surface area contributed by atoms with Crippen LogP contribution in [0.25, 0.3) is 0 Å². The molecule has 0 fully saturated rings. The maximum absolute atomic E-state index is 12.1. The molecule has 0 aromatic heterocycles. The molecule has 1 aliphatic rings. The van der Waals surface area contributed by atoms with Crippen LogP contribution in [0.3, 0.4) is 0 Å². The third-order valence-corrected chi connectivity index (χ3v) is 3.56. The largest absolute Gasteiger partial charge is 0.494 e. The second kappa shape index (κ2) is 5.37. The van der Waals surface area contributed by atoms with Crippen LogP contribution < -0.4 is 10.1 Å². The molecular weight excluding hydrogens is 250 g/mol. The topological polar surface area (TPSA) is 38.3 Å². The Kier molecular flexibility index (Phi) is 3.42. The summed E-state index contributed by atoms with van der Waals surface area (Å²) in [6.45, 7) is 2.61. The molecule has 0 spiro atoms. The lowest BCUT2D eigenvalue weighted by Crippen LogP contribution is -2.14. The number of anilines is 1. The number of rotatable bonds is 4. The van der Waals surface area contributed by atoms with Crippen LogP contribution in [0.2, 0.25) is 0 Å². The van der Waals surface area contributed by atoms with Gasteiger partial charge < -0.3 is 10.1 Å². The number of fused-ring (bicyclic) bond motifs is 1. The van der Waals surface area contributed by atoms with Crippen molar-refractivity contribution >= 4 is 11.6 Å². The SMILES string of the molecule is CCOc1cccc(CC2C(=O)Nc3ccccc32)c1. The fourth-order valence-corrected chi connectivity index (χ4v) is 2.64. The molecule has 0 radical (unpaired) electrons. The number of carbonyl (C=O) groups is 1. The number of carbonyl (C=O) groups excluding carboxylic acids is 1. The minimum absolute atomic E-state index is 0.0769. The standard InChI is InChI=1S/C17H17NO2/c1-2-20-13-7-5-6-12(10-13)11-15-14-8-3-4-9-16(14)18-17(15)19/h3-10,15H,2,11H2,1H3,(H,18,19). The molecule has 0 saturated heterocycles. The van der Waals surface area contributed by atoms with Gasteiger partial charge in [-0.15, -0.1) is 0 Å². The summed E-state index contributed by atoms with van der Waals surface area (Å²) in [6, 6.07) is 15.8. The minimum Gasteiger partial charge on any atom is -0.494 e. The Morgan fingerprint density at radius 2 is 2.00 bits per heavy atom. The van der Waals surface area contributed by atoms with Gasteiger partial charge in [0.25, 0.3) is 0 Å². The number of ether oxygens (including phenoxy) is 1. The van der Waals surface area contributed by atoms with Gasteiger partial charge in [0.2, 0.25) is 5.91 Å². The van der Waals surface area contributed by atoms with E-state index in [1.807, 2.05) is 55.5 Å². The summed E-state index contributed by atoms with van der Waals surface area (Å²) in [6.07, 6.45) is 0.698.